The van der Waals surface area contributed by atoms with Crippen molar-refractivity contribution in [2.75, 3.05) is 7.11 Å². The predicted octanol–water partition coefficient (Wildman–Crippen LogP) is 5.85. The molecule has 1 aliphatic carbocycles. The van der Waals surface area contributed by atoms with Crippen molar-refractivity contribution in [2.24, 2.45) is 11.8 Å². The minimum Gasteiger partial charge on any atom is -0.497 e. The molecule has 0 bridgehead atoms. The van der Waals surface area contributed by atoms with Crippen LogP contribution in [0.4, 0.5) is 13.2 Å². The maximum absolute atomic E-state index is 13.5. The molecule has 2 aromatic carbocycles. The number of amides is 3. The predicted molar refractivity (Wildman–Crippen MR) is 155 cm³/mol. The average molecular weight is 608 g/mol. The van der Waals surface area contributed by atoms with Crippen LogP contribution in [0.3, 0.4) is 0 Å². The lowest BCUT2D eigenvalue weighted by Gasteiger charge is -2.34. The van der Waals surface area contributed by atoms with E-state index in [9.17, 15) is 27.6 Å². The third-order valence-electron chi connectivity index (χ3n) is 7.59. The number of ether oxygens (including phenoxy) is 1. The lowest BCUT2D eigenvalue weighted by Crippen LogP contribution is -2.52. The van der Waals surface area contributed by atoms with Gasteiger partial charge in [-0.25, -0.2) is 0 Å². The van der Waals surface area contributed by atoms with Crippen LogP contribution >= 0.6 is 11.6 Å². The zero-order valence-electron chi connectivity index (χ0n) is 24.1. The Balaban J connectivity index is 1.81. The van der Waals surface area contributed by atoms with Gasteiger partial charge in [0, 0.05) is 10.6 Å². The van der Waals surface area contributed by atoms with Crippen molar-refractivity contribution >= 4 is 29.3 Å². The Kier molecular flexibility index (Phi) is 11.1. The van der Waals surface area contributed by atoms with Gasteiger partial charge in [-0.05, 0) is 67.0 Å². The van der Waals surface area contributed by atoms with Crippen LogP contribution < -0.4 is 20.7 Å². The first-order valence-corrected chi connectivity index (χ1v) is 14.2. The van der Waals surface area contributed by atoms with E-state index in [1.807, 2.05) is 0 Å². The third kappa shape index (κ3) is 8.27. The van der Waals surface area contributed by atoms with Crippen LogP contribution in [0.15, 0.2) is 60.7 Å². The van der Waals surface area contributed by atoms with Crippen molar-refractivity contribution in [3.8, 4) is 5.75 Å². The molecule has 1 fully saturated rings. The summed E-state index contributed by atoms with van der Waals surface area (Å²) in [4.78, 5) is 40.1. The zero-order valence-corrected chi connectivity index (χ0v) is 24.8. The highest BCUT2D eigenvalue weighted by Crippen LogP contribution is 2.40. The Morgan fingerprint density at radius 1 is 0.881 bits per heavy atom. The van der Waals surface area contributed by atoms with E-state index < -0.39 is 53.5 Å². The van der Waals surface area contributed by atoms with E-state index >= 15 is 0 Å². The molecular weight excluding hydrogens is 571 g/mol. The van der Waals surface area contributed by atoms with Crippen LogP contribution in [0, 0.1) is 11.8 Å². The van der Waals surface area contributed by atoms with E-state index in [2.05, 4.69) is 22.5 Å². The summed E-state index contributed by atoms with van der Waals surface area (Å²) in [6.45, 7) is 7.69. The zero-order chi connectivity index (χ0) is 31.2. The maximum atomic E-state index is 13.5. The van der Waals surface area contributed by atoms with Crippen LogP contribution in [0.25, 0.3) is 0 Å². The normalized spacial score (nSPS) is 16.4. The van der Waals surface area contributed by atoms with Gasteiger partial charge in [0.15, 0.2) is 0 Å². The van der Waals surface area contributed by atoms with E-state index in [1.165, 1.54) is 40.0 Å². The minimum atomic E-state index is -4.72. The van der Waals surface area contributed by atoms with Crippen molar-refractivity contribution in [2.45, 2.75) is 70.3 Å². The monoisotopic (exact) mass is 607 g/mol. The Labute approximate surface area is 249 Å². The highest BCUT2D eigenvalue weighted by Gasteiger charge is 2.40. The lowest BCUT2D eigenvalue weighted by atomic mass is 9.72. The molecule has 2 aromatic rings. The number of methoxy groups -OCH3 is 1. The number of alkyl halides is 3. The van der Waals surface area contributed by atoms with E-state index in [-0.39, 0.29) is 11.8 Å². The SMILES string of the molecule is C=C([C@@H](NC(=O)C(NC(=O)[C@H](C)NC(=O)C(c1ccc(Cl)cc1)C1CCC1)c1ccc(OC)cc1)C(C)C)C(F)(F)F. The summed E-state index contributed by atoms with van der Waals surface area (Å²) in [6, 6.07) is 9.37. The summed E-state index contributed by atoms with van der Waals surface area (Å²) in [6.07, 6.45) is -1.96. The summed E-state index contributed by atoms with van der Waals surface area (Å²) in [5.41, 5.74) is -0.00125. The van der Waals surface area contributed by atoms with Crippen LogP contribution in [-0.4, -0.2) is 43.1 Å². The van der Waals surface area contributed by atoms with Crippen molar-refractivity contribution in [1.82, 2.24) is 16.0 Å². The molecule has 3 rings (SSSR count). The summed E-state index contributed by atoms with van der Waals surface area (Å²) in [7, 11) is 1.46. The summed E-state index contributed by atoms with van der Waals surface area (Å²) >= 11 is 6.03. The van der Waals surface area contributed by atoms with Gasteiger partial charge in [-0.2, -0.15) is 13.2 Å². The largest absolute Gasteiger partial charge is 0.497 e. The molecule has 0 heterocycles. The quantitative estimate of drug-likeness (QED) is 0.264. The van der Waals surface area contributed by atoms with E-state index in [0.29, 0.717) is 16.3 Å². The van der Waals surface area contributed by atoms with Gasteiger partial charge in [0.1, 0.15) is 17.8 Å². The van der Waals surface area contributed by atoms with Gasteiger partial charge in [0.05, 0.1) is 19.1 Å². The molecule has 3 amide bonds. The number of hydrogen-bond acceptors (Lipinski definition) is 4. The number of hydrogen-bond donors (Lipinski definition) is 3. The number of rotatable bonds is 12. The smallest absolute Gasteiger partial charge is 0.414 e. The first kappa shape index (κ1) is 33.0. The molecule has 4 atom stereocenters. The molecule has 11 heteroatoms. The van der Waals surface area contributed by atoms with Gasteiger partial charge >= 0.3 is 6.18 Å². The fraction of sp³-hybridized carbons (Fsp3) is 0.452. The van der Waals surface area contributed by atoms with Crippen LogP contribution in [0.2, 0.25) is 5.02 Å². The van der Waals surface area contributed by atoms with Crippen LogP contribution in [0.5, 0.6) is 5.75 Å². The summed E-state index contributed by atoms with van der Waals surface area (Å²) in [5, 5.41) is 8.31. The topological polar surface area (TPSA) is 96.5 Å². The number of carbonyl (C=O) groups is 3. The van der Waals surface area contributed by atoms with E-state index in [1.54, 1.807) is 36.4 Å². The molecule has 3 N–H and O–H groups in total. The third-order valence-corrected chi connectivity index (χ3v) is 7.84. The second-order valence-electron chi connectivity index (χ2n) is 10.9. The van der Waals surface area contributed by atoms with Gasteiger partial charge < -0.3 is 20.7 Å². The molecule has 0 saturated heterocycles. The molecule has 1 aliphatic rings. The fourth-order valence-electron chi connectivity index (χ4n) is 4.88. The fourth-order valence-corrected chi connectivity index (χ4v) is 5.01. The van der Waals surface area contributed by atoms with Gasteiger partial charge in [-0.1, -0.05) is 62.7 Å². The number of nitrogens with one attached hydrogen (secondary N) is 3. The molecule has 0 radical (unpaired) electrons. The highest BCUT2D eigenvalue weighted by molar-refractivity contribution is 6.30. The number of carbonyl (C=O) groups excluding carboxylic acids is 3. The number of halogens is 4. The van der Waals surface area contributed by atoms with Gasteiger partial charge in [-0.15, -0.1) is 0 Å². The van der Waals surface area contributed by atoms with Crippen LogP contribution in [0.1, 0.15) is 63.1 Å². The molecule has 0 spiro atoms. The van der Waals surface area contributed by atoms with Crippen molar-refractivity contribution < 1.29 is 32.3 Å². The van der Waals surface area contributed by atoms with Crippen molar-refractivity contribution in [3.63, 3.8) is 0 Å². The minimum absolute atomic E-state index is 0.119. The second-order valence-corrected chi connectivity index (χ2v) is 11.4. The number of benzene rings is 2. The molecule has 228 valence electrons. The Bertz CT molecular complexity index is 1260. The second kappa shape index (κ2) is 14.1. The van der Waals surface area contributed by atoms with Crippen LogP contribution in [-0.2, 0) is 14.4 Å². The molecule has 0 aromatic heterocycles. The summed E-state index contributed by atoms with van der Waals surface area (Å²) < 4.78 is 45.6. The Morgan fingerprint density at radius 3 is 1.93 bits per heavy atom. The van der Waals surface area contributed by atoms with Gasteiger partial charge in [0.2, 0.25) is 17.7 Å². The standard InChI is InChI=1S/C31H37ClF3N3O4/c1-17(2)26(18(3)31(33,34)35)37-30(41)27(22-11-15-24(42-5)16-12-22)38-28(39)19(4)36-29(40)25(20-7-6-8-20)21-9-13-23(32)14-10-21/h9-17,19-20,25-27H,3,6-8H2,1-2,4-5H3,(H,36,40)(H,37,41)(H,38,39)/t19-,25?,26-,27?/m0/s1. The molecular formula is C31H37ClF3N3O4. The molecule has 1 saturated carbocycles. The molecule has 2 unspecified atom stereocenters. The van der Waals surface area contributed by atoms with E-state index in [4.69, 9.17) is 16.3 Å². The highest BCUT2D eigenvalue weighted by atomic mass is 35.5. The van der Waals surface area contributed by atoms with Gasteiger partial charge in [-0.3, -0.25) is 14.4 Å². The summed E-state index contributed by atoms with van der Waals surface area (Å²) in [5.74, 6) is -2.38. The van der Waals surface area contributed by atoms with E-state index in [0.717, 1.165) is 24.8 Å². The Morgan fingerprint density at radius 2 is 1.45 bits per heavy atom. The first-order valence-electron chi connectivity index (χ1n) is 13.8. The molecule has 0 aliphatic heterocycles. The first-order chi connectivity index (χ1) is 19.7. The average Bonchev–Trinajstić information content (AvgIpc) is 2.91. The maximum Gasteiger partial charge on any atom is 0.414 e. The molecule has 42 heavy (non-hydrogen) atoms. The van der Waals surface area contributed by atoms with Crippen molar-refractivity contribution in [3.05, 3.63) is 76.8 Å². The lowest BCUT2D eigenvalue weighted by molar-refractivity contribution is -0.133. The Hall–Kier alpha value is -3.53. The molecule has 7 nitrogen and oxygen atoms in total. The van der Waals surface area contributed by atoms with Crippen molar-refractivity contribution in [1.29, 1.82) is 0 Å². The van der Waals surface area contributed by atoms with Gasteiger partial charge in [0.25, 0.3) is 0 Å².